The van der Waals surface area contributed by atoms with E-state index in [1.165, 1.54) is 5.38 Å². The standard InChI is InChI=1S/C12H10N2O7S/c1-19-10(17)8-6(5-3-22-12(14-5)13-4-15)7(16)9(21-8)11(18)20-2/h3-4,16H,1-2H3,(H,13,14,15). The van der Waals surface area contributed by atoms with Crippen LogP contribution in [-0.4, -0.2) is 42.7 Å². The van der Waals surface area contributed by atoms with Crippen LogP contribution in [0.3, 0.4) is 0 Å². The molecule has 2 aromatic rings. The van der Waals surface area contributed by atoms with Crippen LogP contribution in [0.15, 0.2) is 9.80 Å². The van der Waals surface area contributed by atoms with E-state index in [4.69, 9.17) is 4.42 Å². The minimum atomic E-state index is -0.963. The van der Waals surface area contributed by atoms with E-state index in [1.807, 2.05) is 0 Å². The van der Waals surface area contributed by atoms with E-state index in [-0.39, 0.29) is 16.4 Å². The number of anilines is 1. The number of rotatable bonds is 5. The molecule has 0 radical (unpaired) electrons. The molecule has 0 bridgehead atoms. The molecule has 22 heavy (non-hydrogen) atoms. The second-order valence-electron chi connectivity index (χ2n) is 3.77. The predicted octanol–water partition coefficient (Wildman–Crippen LogP) is 1.25. The van der Waals surface area contributed by atoms with Gasteiger partial charge in [0.1, 0.15) is 0 Å². The average Bonchev–Trinajstić information content (AvgIpc) is 3.10. The molecule has 0 aliphatic rings. The summed E-state index contributed by atoms with van der Waals surface area (Å²) < 4.78 is 14.0. The Morgan fingerprint density at radius 1 is 1.32 bits per heavy atom. The van der Waals surface area contributed by atoms with Crippen molar-refractivity contribution >= 4 is 34.8 Å². The highest BCUT2D eigenvalue weighted by atomic mass is 32.1. The maximum absolute atomic E-state index is 11.7. The minimum Gasteiger partial charge on any atom is -0.503 e. The molecule has 2 aromatic heterocycles. The number of nitrogens with zero attached hydrogens (tertiary/aromatic N) is 1. The van der Waals surface area contributed by atoms with Crippen LogP contribution in [0.4, 0.5) is 5.13 Å². The summed E-state index contributed by atoms with van der Waals surface area (Å²) in [4.78, 5) is 37.7. The van der Waals surface area contributed by atoms with Gasteiger partial charge in [-0.05, 0) is 0 Å². The predicted molar refractivity (Wildman–Crippen MR) is 73.8 cm³/mol. The van der Waals surface area contributed by atoms with E-state index >= 15 is 0 Å². The highest BCUT2D eigenvalue weighted by Crippen LogP contribution is 2.39. The van der Waals surface area contributed by atoms with Crippen molar-refractivity contribution in [3.63, 3.8) is 0 Å². The first-order valence-electron chi connectivity index (χ1n) is 5.71. The van der Waals surface area contributed by atoms with Crippen LogP contribution in [0.5, 0.6) is 5.75 Å². The van der Waals surface area contributed by atoms with Crippen molar-refractivity contribution in [2.24, 2.45) is 0 Å². The third kappa shape index (κ3) is 2.63. The lowest BCUT2D eigenvalue weighted by Crippen LogP contribution is -2.02. The molecule has 0 aliphatic heterocycles. The van der Waals surface area contributed by atoms with Gasteiger partial charge in [-0.2, -0.15) is 0 Å². The van der Waals surface area contributed by atoms with Crippen molar-refractivity contribution in [2.45, 2.75) is 0 Å². The Balaban J connectivity index is 2.60. The molecule has 1 amide bonds. The quantitative estimate of drug-likeness (QED) is 0.620. The smallest absolute Gasteiger partial charge is 0.377 e. The van der Waals surface area contributed by atoms with E-state index in [2.05, 4.69) is 19.8 Å². The summed E-state index contributed by atoms with van der Waals surface area (Å²) in [6.45, 7) is 0. The topological polar surface area (TPSA) is 128 Å². The van der Waals surface area contributed by atoms with Crippen LogP contribution >= 0.6 is 11.3 Å². The largest absolute Gasteiger partial charge is 0.503 e. The van der Waals surface area contributed by atoms with Gasteiger partial charge in [-0.3, -0.25) is 4.79 Å². The number of carbonyl (C=O) groups is 3. The highest BCUT2D eigenvalue weighted by molar-refractivity contribution is 7.14. The number of furan rings is 1. The lowest BCUT2D eigenvalue weighted by atomic mass is 10.1. The fourth-order valence-corrected chi connectivity index (χ4v) is 2.29. The second kappa shape index (κ2) is 6.26. The first-order valence-corrected chi connectivity index (χ1v) is 6.59. The number of amides is 1. The van der Waals surface area contributed by atoms with Gasteiger partial charge in [0, 0.05) is 5.38 Å². The van der Waals surface area contributed by atoms with Gasteiger partial charge in [-0.1, -0.05) is 0 Å². The summed E-state index contributed by atoms with van der Waals surface area (Å²) in [5.41, 5.74) is 0.00796. The Bertz CT molecular complexity index is 734. The number of carbonyl (C=O) groups excluding carboxylic acids is 3. The van der Waals surface area contributed by atoms with Crippen LogP contribution in [0.25, 0.3) is 11.3 Å². The number of aromatic hydroxyl groups is 1. The van der Waals surface area contributed by atoms with Crippen LogP contribution in [0.2, 0.25) is 0 Å². The van der Waals surface area contributed by atoms with Crippen molar-refractivity contribution in [3.8, 4) is 17.0 Å². The molecule has 9 nitrogen and oxygen atoms in total. The van der Waals surface area contributed by atoms with E-state index in [1.54, 1.807) is 0 Å². The maximum Gasteiger partial charge on any atom is 0.377 e. The van der Waals surface area contributed by atoms with Crippen molar-refractivity contribution in [2.75, 3.05) is 19.5 Å². The van der Waals surface area contributed by atoms with Gasteiger partial charge in [0.2, 0.25) is 12.2 Å². The van der Waals surface area contributed by atoms with Gasteiger partial charge in [0.05, 0.1) is 25.5 Å². The fraction of sp³-hybridized carbons (Fsp3) is 0.167. The summed E-state index contributed by atoms with van der Waals surface area (Å²) in [7, 11) is 2.21. The number of ether oxygens (including phenoxy) is 2. The SMILES string of the molecule is COC(=O)c1oc(C(=O)OC)c(-c2csc(NC=O)n2)c1O. The number of esters is 2. The van der Waals surface area contributed by atoms with Gasteiger partial charge in [-0.15, -0.1) is 11.3 Å². The molecule has 2 rings (SSSR count). The van der Waals surface area contributed by atoms with Gasteiger partial charge in [0.15, 0.2) is 10.9 Å². The number of hydrogen-bond acceptors (Lipinski definition) is 9. The molecule has 0 aromatic carbocycles. The molecule has 0 saturated heterocycles. The Labute approximate surface area is 127 Å². The zero-order chi connectivity index (χ0) is 16.3. The first kappa shape index (κ1) is 15.5. The summed E-state index contributed by atoms with van der Waals surface area (Å²) in [6, 6.07) is 0. The van der Waals surface area contributed by atoms with E-state index in [9.17, 15) is 19.5 Å². The summed E-state index contributed by atoms with van der Waals surface area (Å²) in [5.74, 6) is -3.41. The molecule has 0 fully saturated rings. The highest BCUT2D eigenvalue weighted by Gasteiger charge is 2.31. The van der Waals surface area contributed by atoms with E-state index in [0.717, 1.165) is 25.6 Å². The van der Waals surface area contributed by atoms with E-state index in [0.29, 0.717) is 6.41 Å². The minimum absolute atomic E-state index is 0.123. The normalized spacial score (nSPS) is 10.1. The fourth-order valence-electron chi connectivity index (χ4n) is 1.63. The Hall–Kier alpha value is -2.88. The molecule has 2 heterocycles. The van der Waals surface area contributed by atoms with Gasteiger partial charge < -0.3 is 24.3 Å². The lowest BCUT2D eigenvalue weighted by Gasteiger charge is -1.98. The number of hydrogen-bond donors (Lipinski definition) is 2. The number of nitrogens with one attached hydrogen (secondary N) is 1. The Morgan fingerprint density at radius 2 is 1.95 bits per heavy atom. The van der Waals surface area contributed by atoms with Crippen molar-refractivity contribution < 1.29 is 33.4 Å². The Kier molecular flexibility index (Phi) is 4.41. The van der Waals surface area contributed by atoms with Crippen LogP contribution in [0, 0.1) is 0 Å². The maximum atomic E-state index is 11.7. The summed E-state index contributed by atoms with van der Waals surface area (Å²) in [6.07, 6.45) is 0.429. The summed E-state index contributed by atoms with van der Waals surface area (Å²) in [5, 5.41) is 14.1. The van der Waals surface area contributed by atoms with Crippen molar-refractivity contribution in [3.05, 3.63) is 16.9 Å². The molecule has 0 saturated carbocycles. The molecule has 0 unspecified atom stereocenters. The van der Waals surface area contributed by atoms with Gasteiger partial charge >= 0.3 is 11.9 Å². The number of thiazole rings is 1. The average molecular weight is 326 g/mol. The molecular formula is C12H10N2O7S. The van der Waals surface area contributed by atoms with Crippen LogP contribution in [0.1, 0.15) is 21.1 Å². The number of aromatic nitrogens is 1. The zero-order valence-corrected chi connectivity index (χ0v) is 12.2. The molecule has 0 atom stereocenters. The molecular weight excluding hydrogens is 316 g/mol. The molecule has 10 heteroatoms. The number of methoxy groups -OCH3 is 2. The van der Waals surface area contributed by atoms with Crippen LogP contribution in [-0.2, 0) is 14.3 Å². The third-order valence-electron chi connectivity index (χ3n) is 2.57. The second-order valence-corrected chi connectivity index (χ2v) is 4.63. The molecule has 116 valence electrons. The molecule has 0 aliphatic carbocycles. The summed E-state index contributed by atoms with van der Waals surface area (Å²) >= 11 is 1.05. The van der Waals surface area contributed by atoms with Crippen LogP contribution < -0.4 is 5.32 Å². The Morgan fingerprint density at radius 3 is 2.55 bits per heavy atom. The van der Waals surface area contributed by atoms with E-state index < -0.39 is 29.2 Å². The molecule has 0 spiro atoms. The monoisotopic (exact) mass is 326 g/mol. The first-order chi connectivity index (χ1) is 10.5. The lowest BCUT2D eigenvalue weighted by molar-refractivity contribution is -0.105. The van der Waals surface area contributed by atoms with Crippen molar-refractivity contribution in [1.29, 1.82) is 0 Å². The van der Waals surface area contributed by atoms with Gasteiger partial charge in [0.25, 0.3) is 5.76 Å². The van der Waals surface area contributed by atoms with Gasteiger partial charge in [-0.25, -0.2) is 14.6 Å². The zero-order valence-electron chi connectivity index (χ0n) is 11.4. The third-order valence-corrected chi connectivity index (χ3v) is 3.34. The molecule has 2 N–H and O–H groups in total. The van der Waals surface area contributed by atoms with Crippen molar-refractivity contribution in [1.82, 2.24) is 4.98 Å².